The Hall–Kier alpha value is -3.29. The molecule has 0 bridgehead atoms. The summed E-state index contributed by atoms with van der Waals surface area (Å²) in [5.41, 5.74) is 1.17. The predicted molar refractivity (Wildman–Crippen MR) is 124 cm³/mol. The number of Topliss-reactive ketones (excluding diaryl/α,β-unsaturated/α-hetero) is 1. The molecule has 0 N–H and O–H groups in total. The second-order valence-corrected chi connectivity index (χ2v) is 9.85. The molecule has 33 heavy (non-hydrogen) atoms. The normalized spacial score (nSPS) is 15.5. The maximum Gasteiger partial charge on any atom is 0.339 e. The summed E-state index contributed by atoms with van der Waals surface area (Å²) in [6.45, 7) is 1.01. The lowest BCUT2D eigenvalue weighted by molar-refractivity contribution is 0.0280. The largest absolute Gasteiger partial charge is 0.445 e. The topological polar surface area (TPSA) is 80.8 Å². The Labute approximate surface area is 193 Å². The third-order valence-corrected chi connectivity index (χ3v) is 7.58. The molecule has 1 aliphatic rings. The Morgan fingerprint density at radius 2 is 1.30 bits per heavy atom. The van der Waals surface area contributed by atoms with Crippen LogP contribution in [0.25, 0.3) is 0 Å². The van der Waals surface area contributed by atoms with Crippen molar-refractivity contribution in [3.63, 3.8) is 0 Å². The van der Waals surface area contributed by atoms with E-state index in [4.69, 9.17) is 4.74 Å². The number of sulfonamides is 1. The van der Waals surface area contributed by atoms with Crippen LogP contribution in [-0.4, -0.2) is 37.6 Å². The van der Waals surface area contributed by atoms with E-state index in [1.54, 1.807) is 54.6 Å². The highest BCUT2D eigenvalue weighted by Gasteiger charge is 2.28. The van der Waals surface area contributed by atoms with Crippen LogP contribution in [0.4, 0.5) is 0 Å². The third-order valence-electron chi connectivity index (χ3n) is 5.67. The van der Waals surface area contributed by atoms with Crippen molar-refractivity contribution in [2.75, 3.05) is 13.1 Å². The summed E-state index contributed by atoms with van der Waals surface area (Å²) in [4.78, 5) is 26.1. The van der Waals surface area contributed by atoms with Crippen molar-refractivity contribution in [1.29, 1.82) is 0 Å². The highest BCUT2D eigenvalue weighted by molar-refractivity contribution is 7.89. The number of hydrogen-bond donors (Lipinski definition) is 0. The Kier molecular flexibility index (Phi) is 7.01. The minimum Gasteiger partial charge on any atom is -0.445 e. The minimum absolute atomic E-state index is 0.140. The molecule has 0 amide bonds. The van der Waals surface area contributed by atoms with Crippen LogP contribution in [0, 0.1) is 0 Å². The molecule has 7 heteroatoms. The molecule has 0 spiro atoms. The summed E-state index contributed by atoms with van der Waals surface area (Å²) in [6, 6.07) is 23.1. The van der Waals surface area contributed by atoms with Crippen LogP contribution in [-0.2, 0) is 14.8 Å². The van der Waals surface area contributed by atoms with E-state index in [1.165, 1.54) is 28.6 Å². The molecule has 0 unspecified atom stereocenters. The average Bonchev–Trinajstić information content (AvgIpc) is 2.88. The fourth-order valence-electron chi connectivity index (χ4n) is 3.85. The van der Waals surface area contributed by atoms with Crippen molar-refractivity contribution in [2.45, 2.75) is 30.3 Å². The van der Waals surface area contributed by atoms with Gasteiger partial charge in [0.05, 0.1) is 10.5 Å². The quantitative estimate of drug-likeness (QED) is 0.377. The van der Waals surface area contributed by atoms with Gasteiger partial charge in [-0.25, -0.2) is 13.2 Å². The lowest BCUT2D eigenvalue weighted by atomic mass is 10.00. The number of carbonyl (C=O) groups is 2. The monoisotopic (exact) mass is 463 g/mol. The van der Waals surface area contributed by atoms with Gasteiger partial charge in [0.1, 0.15) is 0 Å². The molecule has 1 fully saturated rings. The average molecular weight is 464 g/mol. The van der Waals surface area contributed by atoms with Gasteiger partial charge in [0, 0.05) is 24.2 Å². The van der Waals surface area contributed by atoms with Crippen LogP contribution in [0.15, 0.2) is 89.8 Å². The molecular formula is C26H25NO5S. The molecule has 0 aromatic heterocycles. The summed E-state index contributed by atoms with van der Waals surface area (Å²) in [5, 5.41) is 0. The van der Waals surface area contributed by atoms with Gasteiger partial charge in [-0.1, -0.05) is 67.1 Å². The van der Waals surface area contributed by atoms with Gasteiger partial charge >= 0.3 is 5.97 Å². The zero-order valence-electron chi connectivity index (χ0n) is 18.1. The number of hydrogen-bond acceptors (Lipinski definition) is 5. The molecule has 1 saturated heterocycles. The lowest BCUT2D eigenvalue weighted by Crippen LogP contribution is -2.35. The fraction of sp³-hybridized carbons (Fsp3) is 0.231. The molecular weight excluding hydrogens is 438 g/mol. The van der Waals surface area contributed by atoms with Gasteiger partial charge in [-0.05, 0) is 37.1 Å². The van der Waals surface area contributed by atoms with Crippen LogP contribution in [0.1, 0.15) is 51.6 Å². The third kappa shape index (κ3) is 5.21. The second kappa shape index (κ2) is 10.1. The van der Waals surface area contributed by atoms with E-state index in [0.717, 1.165) is 19.3 Å². The van der Waals surface area contributed by atoms with Crippen LogP contribution in [0.3, 0.4) is 0 Å². The highest BCUT2D eigenvalue weighted by Crippen LogP contribution is 2.25. The van der Waals surface area contributed by atoms with Crippen molar-refractivity contribution in [3.05, 3.63) is 102 Å². The van der Waals surface area contributed by atoms with Crippen molar-refractivity contribution >= 4 is 21.8 Å². The number of carbonyl (C=O) groups excluding carboxylic acids is 2. The fourth-order valence-corrected chi connectivity index (χ4v) is 5.36. The zero-order chi connectivity index (χ0) is 23.3. The number of esters is 1. The molecule has 0 radical (unpaired) electrons. The Morgan fingerprint density at radius 3 is 1.91 bits per heavy atom. The van der Waals surface area contributed by atoms with Gasteiger partial charge in [0.25, 0.3) is 0 Å². The first-order valence-corrected chi connectivity index (χ1v) is 12.4. The second-order valence-electron chi connectivity index (χ2n) is 7.92. The summed E-state index contributed by atoms with van der Waals surface area (Å²) in [6.07, 6.45) is 1.61. The van der Waals surface area contributed by atoms with Gasteiger partial charge in [-0.3, -0.25) is 4.79 Å². The molecule has 4 rings (SSSR count). The minimum atomic E-state index is -3.59. The van der Waals surface area contributed by atoms with Crippen molar-refractivity contribution in [2.24, 2.45) is 0 Å². The van der Waals surface area contributed by atoms with Crippen molar-refractivity contribution < 1.29 is 22.7 Å². The maximum absolute atomic E-state index is 13.1. The van der Waals surface area contributed by atoms with E-state index in [0.29, 0.717) is 24.2 Å². The molecule has 6 nitrogen and oxygen atoms in total. The van der Waals surface area contributed by atoms with Crippen molar-refractivity contribution in [1.82, 2.24) is 4.31 Å². The molecule has 0 aliphatic carbocycles. The van der Waals surface area contributed by atoms with Crippen molar-refractivity contribution in [3.8, 4) is 0 Å². The zero-order valence-corrected chi connectivity index (χ0v) is 18.9. The van der Waals surface area contributed by atoms with Gasteiger partial charge in [0.2, 0.25) is 15.8 Å². The summed E-state index contributed by atoms with van der Waals surface area (Å²) in [7, 11) is -3.59. The summed E-state index contributed by atoms with van der Waals surface area (Å²) >= 11 is 0. The highest BCUT2D eigenvalue weighted by atomic mass is 32.2. The molecule has 170 valence electrons. The molecule has 1 aliphatic heterocycles. The number of ether oxygens (including phenoxy) is 1. The van der Waals surface area contributed by atoms with E-state index >= 15 is 0 Å². The molecule has 3 aromatic carbocycles. The van der Waals surface area contributed by atoms with E-state index in [-0.39, 0.29) is 16.2 Å². The van der Waals surface area contributed by atoms with E-state index in [2.05, 4.69) is 0 Å². The van der Waals surface area contributed by atoms with Crippen LogP contribution < -0.4 is 0 Å². The molecule has 3 aromatic rings. The first kappa shape index (κ1) is 22.9. The molecule has 0 saturated carbocycles. The number of benzene rings is 3. The predicted octanol–water partition coefficient (Wildman–Crippen LogP) is 4.64. The van der Waals surface area contributed by atoms with Crippen LogP contribution in [0.5, 0.6) is 0 Å². The Bertz CT molecular complexity index is 1200. The van der Waals surface area contributed by atoms with Gasteiger partial charge in [-0.2, -0.15) is 4.31 Å². The van der Waals surface area contributed by atoms with Gasteiger partial charge in [-0.15, -0.1) is 0 Å². The first-order chi connectivity index (χ1) is 16.0. The number of ketones is 1. The standard InChI is InChI=1S/C26H25NO5S/c28-24(20-10-4-1-5-11-20)25(21-12-6-2-7-13-21)32-26(29)22-14-16-23(17-15-22)33(30,31)27-18-8-3-9-19-27/h1-2,4-7,10-17,25H,3,8-9,18-19H2/t25-/m1/s1. The van der Waals surface area contributed by atoms with E-state index in [1.807, 2.05) is 6.07 Å². The lowest BCUT2D eigenvalue weighted by Gasteiger charge is -2.25. The van der Waals surface area contributed by atoms with Crippen LogP contribution in [0.2, 0.25) is 0 Å². The molecule has 1 heterocycles. The van der Waals surface area contributed by atoms with E-state index in [9.17, 15) is 18.0 Å². The van der Waals surface area contributed by atoms with E-state index < -0.39 is 22.1 Å². The summed E-state index contributed by atoms with van der Waals surface area (Å²) < 4.78 is 32.8. The maximum atomic E-state index is 13.1. The summed E-state index contributed by atoms with van der Waals surface area (Å²) in [5.74, 6) is -1.03. The smallest absolute Gasteiger partial charge is 0.339 e. The molecule has 1 atom stereocenters. The van der Waals surface area contributed by atoms with Crippen LogP contribution >= 0.6 is 0 Å². The SMILES string of the molecule is O=C(O[C@@H](C(=O)c1ccccc1)c1ccccc1)c1ccc(S(=O)(=O)N2CCCCC2)cc1. The Morgan fingerprint density at radius 1 is 0.727 bits per heavy atom. The Balaban J connectivity index is 1.55. The first-order valence-electron chi connectivity index (χ1n) is 10.9. The number of rotatable bonds is 7. The number of piperidine rings is 1. The van der Waals surface area contributed by atoms with Gasteiger partial charge in [0.15, 0.2) is 6.10 Å². The van der Waals surface area contributed by atoms with Gasteiger partial charge < -0.3 is 4.74 Å². The number of nitrogens with zero attached hydrogens (tertiary/aromatic N) is 1.